The van der Waals surface area contributed by atoms with Crippen LogP contribution in [0.4, 0.5) is 21.3 Å². The number of carbonyl (C=O) groups is 2. The number of nitrogens with one attached hydrogen (secondary N) is 1. The highest BCUT2D eigenvalue weighted by Gasteiger charge is 2.27. The number of thiazole rings is 1. The van der Waals surface area contributed by atoms with Crippen LogP contribution in [-0.2, 0) is 4.74 Å². The van der Waals surface area contributed by atoms with Crippen LogP contribution in [0.5, 0.6) is 0 Å². The predicted octanol–water partition coefficient (Wildman–Crippen LogP) is 3.45. The van der Waals surface area contributed by atoms with Crippen LogP contribution >= 0.6 is 11.3 Å². The van der Waals surface area contributed by atoms with Crippen LogP contribution in [-0.4, -0.2) is 71.7 Å². The first-order valence-electron chi connectivity index (χ1n) is 11.0. The maximum absolute atomic E-state index is 12.9. The van der Waals surface area contributed by atoms with Gasteiger partial charge in [0, 0.05) is 50.8 Å². The van der Waals surface area contributed by atoms with Gasteiger partial charge in [-0.05, 0) is 39.7 Å². The number of hydrogen-bond donors (Lipinski definition) is 1. The second-order valence-electron chi connectivity index (χ2n) is 9.01. The molecule has 0 radical (unpaired) electrons. The maximum Gasteiger partial charge on any atom is 0.410 e. The lowest BCUT2D eigenvalue weighted by Crippen LogP contribution is -2.50. The summed E-state index contributed by atoms with van der Waals surface area (Å²) in [6, 6.07) is 1.88. The van der Waals surface area contributed by atoms with Crippen LogP contribution in [0.25, 0.3) is 0 Å². The molecule has 4 heterocycles. The molecule has 2 aliphatic heterocycles. The Bertz CT molecular complexity index is 959. The molecular weight excluding hydrogens is 428 g/mol. The monoisotopic (exact) mass is 458 g/mol. The number of nitrogens with zero attached hydrogens (tertiary/aromatic N) is 5. The Labute approximate surface area is 192 Å². The molecule has 2 saturated heterocycles. The topological polar surface area (TPSA) is 90.9 Å². The molecule has 4 rings (SSSR count). The number of pyridine rings is 1. The SMILES string of the molecule is CC(C)(C)OC(=O)N1CCN(c2ccncc2NC(=O)c2csc(N3CCCC3)n2)CC1. The van der Waals surface area contributed by atoms with Crippen LogP contribution in [0.1, 0.15) is 44.1 Å². The smallest absolute Gasteiger partial charge is 0.410 e. The van der Waals surface area contributed by atoms with Crippen molar-refractivity contribution in [1.29, 1.82) is 0 Å². The summed E-state index contributed by atoms with van der Waals surface area (Å²) in [5, 5.41) is 5.67. The first kappa shape index (κ1) is 22.3. The van der Waals surface area contributed by atoms with E-state index in [4.69, 9.17) is 4.74 Å². The third kappa shape index (κ3) is 5.29. The van der Waals surface area contributed by atoms with E-state index in [1.165, 1.54) is 24.2 Å². The average molecular weight is 459 g/mol. The number of piperazine rings is 1. The van der Waals surface area contributed by atoms with Crippen molar-refractivity contribution < 1.29 is 14.3 Å². The Morgan fingerprint density at radius 1 is 1.06 bits per heavy atom. The number of carbonyl (C=O) groups excluding carboxylic acids is 2. The molecule has 2 amide bonds. The van der Waals surface area contributed by atoms with Crippen molar-refractivity contribution in [2.45, 2.75) is 39.2 Å². The zero-order valence-electron chi connectivity index (χ0n) is 18.8. The molecule has 0 saturated carbocycles. The minimum atomic E-state index is -0.513. The van der Waals surface area contributed by atoms with Gasteiger partial charge in [-0.15, -0.1) is 11.3 Å². The van der Waals surface area contributed by atoms with Gasteiger partial charge in [-0.1, -0.05) is 0 Å². The number of amides is 2. The normalized spacial score (nSPS) is 16.9. The summed E-state index contributed by atoms with van der Waals surface area (Å²) in [4.78, 5) is 40.0. The van der Waals surface area contributed by atoms with Gasteiger partial charge in [-0.3, -0.25) is 9.78 Å². The van der Waals surface area contributed by atoms with Gasteiger partial charge in [-0.2, -0.15) is 0 Å². The van der Waals surface area contributed by atoms with Gasteiger partial charge in [0.05, 0.1) is 17.6 Å². The van der Waals surface area contributed by atoms with Gasteiger partial charge < -0.3 is 24.8 Å². The first-order valence-corrected chi connectivity index (χ1v) is 11.9. The quantitative estimate of drug-likeness (QED) is 0.750. The summed E-state index contributed by atoms with van der Waals surface area (Å²) in [6.45, 7) is 9.97. The second-order valence-corrected chi connectivity index (χ2v) is 9.85. The van der Waals surface area contributed by atoms with Crippen molar-refractivity contribution in [1.82, 2.24) is 14.9 Å². The van der Waals surface area contributed by atoms with E-state index in [9.17, 15) is 9.59 Å². The Balaban J connectivity index is 1.39. The Hall–Kier alpha value is -2.88. The fraction of sp³-hybridized carbons (Fsp3) is 0.545. The molecule has 32 heavy (non-hydrogen) atoms. The molecule has 0 atom stereocenters. The molecule has 2 aliphatic rings. The number of hydrogen-bond acceptors (Lipinski definition) is 8. The van der Waals surface area contributed by atoms with Crippen molar-refractivity contribution in [3.63, 3.8) is 0 Å². The predicted molar refractivity (Wildman–Crippen MR) is 126 cm³/mol. The van der Waals surface area contributed by atoms with Crippen molar-refractivity contribution in [3.8, 4) is 0 Å². The van der Waals surface area contributed by atoms with E-state index in [2.05, 4.69) is 25.1 Å². The highest BCUT2D eigenvalue weighted by atomic mass is 32.1. The molecule has 2 aromatic heterocycles. The van der Waals surface area contributed by atoms with Gasteiger partial charge in [-0.25, -0.2) is 9.78 Å². The van der Waals surface area contributed by atoms with Crippen LogP contribution in [0.3, 0.4) is 0 Å². The lowest BCUT2D eigenvalue weighted by molar-refractivity contribution is 0.0240. The van der Waals surface area contributed by atoms with Crippen molar-refractivity contribution in [3.05, 3.63) is 29.5 Å². The van der Waals surface area contributed by atoms with Crippen molar-refractivity contribution in [2.24, 2.45) is 0 Å². The number of anilines is 3. The lowest BCUT2D eigenvalue weighted by atomic mass is 10.2. The van der Waals surface area contributed by atoms with Gasteiger partial charge in [0.2, 0.25) is 0 Å². The molecule has 9 nitrogen and oxygen atoms in total. The van der Waals surface area contributed by atoms with Crippen LogP contribution in [0, 0.1) is 0 Å². The number of ether oxygens (including phenoxy) is 1. The summed E-state index contributed by atoms with van der Waals surface area (Å²) >= 11 is 1.50. The Morgan fingerprint density at radius 3 is 2.47 bits per heavy atom. The van der Waals surface area contributed by atoms with Gasteiger partial charge in [0.25, 0.3) is 5.91 Å². The highest BCUT2D eigenvalue weighted by molar-refractivity contribution is 7.14. The first-order chi connectivity index (χ1) is 15.3. The largest absolute Gasteiger partial charge is 0.444 e. The molecule has 10 heteroatoms. The van der Waals surface area contributed by atoms with Gasteiger partial charge in [0.1, 0.15) is 11.3 Å². The average Bonchev–Trinajstić information content (AvgIpc) is 3.45. The Morgan fingerprint density at radius 2 is 1.78 bits per heavy atom. The zero-order chi connectivity index (χ0) is 22.7. The summed E-state index contributed by atoms with van der Waals surface area (Å²) in [5.41, 5.74) is 1.42. The van der Waals surface area contributed by atoms with Gasteiger partial charge >= 0.3 is 6.09 Å². The maximum atomic E-state index is 12.9. The molecule has 0 bridgehead atoms. The molecule has 2 aromatic rings. The molecule has 2 fully saturated rings. The minimum Gasteiger partial charge on any atom is -0.444 e. The Kier molecular flexibility index (Phi) is 6.50. The number of rotatable bonds is 4. The molecule has 172 valence electrons. The van der Waals surface area contributed by atoms with Gasteiger partial charge in [0.15, 0.2) is 5.13 Å². The third-order valence-corrected chi connectivity index (χ3v) is 6.32. The van der Waals surface area contributed by atoms with E-state index in [0.717, 1.165) is 23.9 Å². The molecule has 1 N–H and O–H groups in total. The van der Waals surface area contributed by atoms with Crippen LogP contribution in [0.2, 0.25) is 0 Å². The van der Waals surface area contributed by atoms with E-state index in [0.29, 0.717) is 37.6 Å². The minimum absolute atomic E-state index is 0.242. The summed E-state index contributed by atoms with van der Waals surface area (Å²) in [6.07, 6.45) is 5.40. The van der Waals surface area contributed by atoms with E-state index >= 15 is 0 Å². The van der Waals surface area contributed by atoms with Crippen LogP contribution in [0.15, 0.2) is 23.8 Å². The zero-order valence-corrected chi connectivity index (χ0v) is 19.7. The van der Waals surface area contributed by atoms with Crippen LogP contribution < -0.4 is 15.1 Å². The summed E-state index contributed by atoms with van der Waals surface area (Å²) < 4.78 is 5.47. The molecular formula is C22H30N6O3S. The van der Waals surface area contributed by atoms with E-state index in [1.807, 2.05) is 26.8 Å². The standard InChI is InChI=1S/C22H30N6O3S/c1-22(2,3)31-21(30)28-12-10-26(11-13-28)18-6-7-23-14-16(18)24-19(29)17-15-32-20(25-17)27-8-4-5-9-27/h6-7,14-15H,4-5,8-13H2,1-3H3,(H,24,29). The molecule has 0 spiro atoms. The summed E-state index contributed by atoms with van der Waals surface area (Å²) in [5.74, 6) is -0.242. The third-order valence-electron chi connectivity index (χ3n) is 5.42. The van der Waals surface area contributed by atoms with E-state index in [1.54, 1.807) is 22.7 Å². The van der Waals surface area contributed by atoms with Crippen molar-refractivity contribution in [2.75, 3.05) is 54.4 Å². The van der Waals surface area contributed by atoms with E-state index < -0.39 is 5.60 Å². The highest BCUT2D eigenvalue weighted by Crippen LogP contribution is 2.28. The summed E-state index contributed by atoms with van der Waals surface area (Å²) in [7, 11) is 0. The fourth-order valence-corrected chi connectivity index (χ4v) is 4.68. The lowest BCUT2D eigenvalue weighted by Gasteiger charge is -2.37. The molecule has 0 aliphatic carbocycles. The van der Waals surface area contributed by atoms with Crippen molar-refractivity contribution >= 4 is 39.8 Å². The fourth-order valence-electron chi connectivity index (χ4n) is 3.82. The second kappa shape index (κ2) is 9.32. The molecule has 0 unspecified atom stereocenters. The number of aromatic nitrogens is 2. The van der Waals surface area contributed by atoms with E-state index in [-0.39, 0.29) is 12.0 Å². The molecule has 0 aromatic carbocycles.